The van der Waals surface area contributed by atoms with Crippen LogP contribution >= 0.6 is 11.8 Å². The highest BCUT2D eigenvalue weighted by molar-refractivity contribution is 7.99. The van der Waals surface area contributed by atoms with Gasteiger partial charge in [0.15, 0.2) is 5.65 Å². The first kappa shape index (κ1) is 13.7. The largest absolute Gasteiger partial charge is 0.341 e. The summed E-state index contributed by atoms with van der Waals surface area (Å²) in [6.07, 6.45) is 4.57. The van der Waals surface area contributed by atoms with E-state index >= 15 is 0 Å². The highest BCUT2D eigenvalue weighted by atomic mass is 32.2. The number of H-pyrrole nitrogens is 1. The number of hydrogen-bond acceptors (Lipinski definition) is 8. The second-order valence-electron chi connectivity index (χ2n) is 4.62. The quantitative estimate of drug-likeness (QED) is 0.378. The van der Waals surface area contributed by atoms with Gasteiger partial charge in [-0.2, -0.15) is 0 Å². The van der Waals surface area contributed by atoms with Gasteiger partial charge in [-0.3, -0.25) is 0 Å². The monoisotopic (exact) mass is 302 g/mol. The Bertz CT molecular complexity index is 769. The van der Waals surface area contributed by atoms with Crippen molar-refractivity contribution in [2.45, 2.75) is 29.8 Å². The molecule has 3 aromatic heterocycles. The van der Waals surface area contributed by atoms with Crippen LogP contribution in [0, 0.1) is 0 Å². The molecule has 3 rings (SSSR count). The fraction of sp³-hybridized carbons (Fsp3) is 0.250. The average Bonchev–Trinajstić information content (AvgIpc) is 2.96. The number of rotatable bonds is 4. The summed E-state index contributed by atoms with van der Waals surface area (Å²) in [5, 5.41) is 1.57. The van der Waals surface area contributed by atoms with E-state index in [1.807, 2.05) is 0 Å². The molecule has 0 bridgehead atoms. The van der Waals surface area contributed by atoms with Crippen LogP contribution in [-0.2, 0) is 0 Å². The number of nitrogens with one attached hydrogen (secondary N) is 2. The Balaban J connectivity index is 2.07. The lowest BCUT2D eigenvalue weighted by Crippen LogP contribution is -2.13. The van der Waals surface area contributed by atoms with Gasteiger partial charge < -0.3 is 10.4 Å². The van der Waals surface area contributed by atoms with Crippen molar-refractivity contribution in [1.29, 1.82) is 0 Å². The SMILES string of the molecule is CC(C)c1c(NN)ncnc1Sc1ncnc2nc[nH]c12. The average molecular weight is 302 g/mol. The van der Waals surface area contributed by atoms with Gasteiger partial charge in [0.25, 0.3) is 0 Å². The minimum absolute atomic E-state index is 0.221. The zero-order chi connectivity index (χ0) is 14.8. The number of aromatic amines is 1. The van der Waals surface area contributed by atoms with Crippen LogP contribution < -0.4 is 11.3 Å². The van der Waals surface area contributed by atoms with Gasteiger partial charge in [0.1, 0.15) is 34.0 Å². The lowest BCUT2D eigenvalue weighted by atomic mass is 10.1. The van der Waals surface area contributed by atoms with E-state index < -0.39 is 0 Å². The molecule has 8 nitrogen and oxygen atoms in total. The number of imidazole rings is 1. The molecule has 4 N–H and O–H groups in total. The summed E-state index contributed by atoms with van der Waals surface area (Å²) in [5.74, 6) is 6.38. The molecule has 0 radical (unpaired) electrons. The summed E-state index contributed by atoms with van der Waals surface area (Å²) in [4.78, 5) is 24.1. The Morgan fingerprint density at radius 2 is 1.86 bits per heavy atom. The molecule has 0 unspecified atom stereocenters. The van der Waals surface area contributed by atoms with Crippen molar-refractivity contribution >= 4 is 28.7 Å². The molecule has 21 heavy (non-hydrogen) atoms. The fourth-order valence-corrected chi connectivity index (χ4v) is 3.09. The summed E-state index contributed by atoms with van der Waals surface area (Å²) < 4.78 is 0. The van der Waals surface area contributed by atoms with E-state index in [0.29, 0.717) is 11.5 Å². The van der Waals surface area contributed by atoms with Gasteiger partial charge in [-0.05, 0) is 17.7 Å². The number of nitrogen functional groups attached to an aromatic ring is 1. The summed E-state index contributed by atoms with van der Waals surface area (Å²) in [6, 6.07) is 0. The van der Waals surface area contributed by atoms with Crippen LogP contribution in [0.3, 0.4) is 0 Å². The zero-order valence-corrected chi connectivity index (χ0v) is 12.3. The molecule has 3 aromatic rings. The van der Waals surface area contributed by atoms with Crippen molar-refractivity contribution in [3.8, 4) is 0 Å². The van der Waals surface area contributed by atoms with Gasteiger partial charge in [-0.1, -0.05) is 13.8 Å². The molecular formula is C12H14N8S. The van der Waals surface area contributed by atoms with Gasteiger partial charge in [0.05, 0.1) is 6.33 Å². The molecule has 0 aliphatic rings. The number of hydrogen-bond donors (Lipinski definition) is 3. The Hall–Kier alpha value is -2.26. The van der Waals surface area contributed by atoms with Crippen LogP contribution in [0.5, 0.6) is 0 Å². The second-order valence-corrected chi connectivity index (χ2v) is 5.60. The number of anilines is 1. The predicted octanol–water partition coefficient (Wildman–Crippen LogP) is 1.70. The van der Waals surface area contributed by atoms with Gasteiger partial charge in [-0.15, -0.1) is 0 Å². The van der Waals surface area contributed by atoms with E-state index in [0.717, 1.165) is 21.1 Å². The van der Waals surface area contributed by atoms with Crippen molar-refractivity contribution < 1.29 is 0 Å². The number of fused-ring (bicyclic) bond motifs is 1. The molecule has 0 atom stereocenters. The molecular weight excluding hydrogens is 288 g/mol. The fourth-order valence-electron chi connectivity index (χ4n) is 2.01. The Morgan fingerprint density at radius 1 is 1.10 bits per heavy atom. The molecule has 0 aliphatic carbocycles. The highest BCUT2D eigenvalue weighted by Crippen LogP contribution is 2.35. The van der Waals surface area contributed by atoms with Crippen LogP contribution in [0.2, 0.25) is 0 Å². The molecule has 0 aliphatic heterocycles. The number of nitrogens with two attached hydrogens (primary N) is 1. The molecule has 108 valence electrons. The highest BCUT2D eigenvalue weighted by Gasteiger charge is 2.17. The van der Waals surface area contributed by atoms with Crippen LogP contribution in [0.15, 0.2) is 29.0 Å². The molecule has 9 heteroatoms. The molecule has 0 fully saturated rings. The molecule has 0 amide bonds. The summed E-state index contributed by atoms with van der Waals surface area (Å²) in [7, 11) is 0. The Kier molecular flexibility index (Phi) is 3.67. The third-order valence-corrected chi connectivity index (χ3v) is 3.96. The molecule has 0 saturated heterocycles. The van der Waals surface area contributed by atoms with Crippen LogP contribution in [0.1, 0.15) is 25.3 Å². The Labute approximate surface area is 125 Å². The van der Waals surface area contributed by atoms with E-state index in [9.17, 15) is 0 Å². The number of aromatic nitrogens is 6. The van der Waals surface area contributed by atoms with E-state index in [1.165, 1.54) is 24.4 Å². The first-order valence-electron chi connectivity index (χ1n) is 6.34. The third-order valence-electron chi connectivity index (χ3n) is 2.94. The maximum atomic E-state index is 5.53. The maximum Gasteiger partial charge on any atom is 0.181 e. The minimum atomic E-state index is 0.221. The third kappa shape index (κ3) is 2.52. The molecule has 0 saturated carbocycles. The van der Waals surface area contributed by atoms with Gasteiger partial charge in [0, 0.05) is 5.56 Å². The molecule has 0 aromatic carbocycles. The lowest BCUT2D eigenvalue weighted by Gasteiger charge is -2.14. The van der Waals surface area contributed by atoms with Gasteiger partial charge in [-0.25, -0.2) is 30.8 Å². The van der Waals surface area contributed by atoms with Crippen LogP contribution in [-0.4, -0.2) is 29.9 Å². The smallest absolute Gasteiger partial charge is 0.181 e. The van der Waals surface area contributed by atoms with E-state index in [1.54, 1.807) is 6.33 Å². The van der Waals surface area contributed by atoms with E-state index in [2.05, 4.69) is 49.2 Å². The van der Waals surface area contributed by atoms with Crippen LogP contribution in [0.4, 0.5) is 5.82 Å². The topological polar surface area (TPSA) is 118 Å². The second kappa shape index (κ2) is 5.62. The number of nitrogens with zero attached hydrogens (tertiary/aromatic N) is 5. The predicted molar refractivity (Wildman–Crippen MR) is 79.7 cm³/mol. The van der Waals surface area contributed by atoms with E-state index in [4.69, 9.17) is 5.84 Å². The van der Waals surface area contributed by atoms with Crippen molar-refractivity contribution in [2.24, 2.45) is 5.84 Å². The Morgan fingerprint density at radius 3 is 2.62 bits per heavy atom. The first-order chi connectivity index (χ1) is 10.2. The van der Waals surface area contributed by atoms with E-state index in [-0.39, 0.29) is 5.92 Å². The standard InChI is InChI=1S/C12H14N8S/c1-6(2)7-9(20-13)15-4-18-11(7)21-12-8-10(16-3-14-8)17-5-19-12/h3-6H,13H2,1-2H3,(H,15,18,20)(H,14,16,17,19). The van der Waals surface area contributed by atoms with Crippen molar-refractivity contribution in [2.75, 3.05) is 5.43 Å². The molecule has 0 spiro atoms. The maximum absolute atomic E-state index is 5.53. The van der Waals surface area contributed by atoms with Crippen molar-refractivity contribution in [3.63, 3.8) is 0 Å². The van der Waals surface area contributed by atoms with Crippen molar-refractivity contribution in [1.82, 2.24) is 29.9 Å². The zero-order valence-electron chi connectivity index (χ0n) is 11.5. The van der Waals surface area contributed by atoms with Crippen LogP contribution in [0.25, 0.3) is 11.2 Å². The first-order valence-corrected chi connectivity index (χ1v) is 7.15. The molecule has 3 heterocycles. The van der Waals surface area contributed by atoms with Crippen molar-refractivity contribution in [3.05, 3.63) is 24.5 Å². The minimum Gasteiger partial charge on any atom is -0.341 e. The van der Waals surface area contributed by atoms with Gasteiger partial charge >= 0.3 is 0 Å². The number of hydrazine groups is 1. The summed E-state index contributed by atoms with van der Waals surface area (Å²) in [5.41, 5.74) is 4.99. The normalized spacial score (nSPS) is 11.2. The summed E-state index contributed by atoms with van der Waals surface area (Å²) >= 11 is 1.44. The lowest BCUT2D eigenvalue weighted by molar-refractivity contribution is 0.803. The van der Waals surface area contributed by atoms with Gasteiger partial charge in [0.2, 0.25) is 0 Å². The summed E-state index contributed by atoms with van der Waals surface area (Å²) in [6.45, 7) is 4.13.